The van der Waals surface area contributed by atoms with Gasteiger partial charge in [-0.25, -0.2) is 13.4 Å². The zero-order valence-electron chi connectivity index (χ0n) is 14.6. The van der Waals surface area contributed by atoms with Crippen LogP contribution in [0.5, 0.6) is 0 Å². The maximum absolute atomic E-state index is 13.2. The molecule has 1 aromatic heterocycles. The van der Waals surface area contributed by atoms with Crippen molar-refractivity contribution in [3.8, 4) is 0 Å². The van der Waals surface area contributed by atoms with Gasteiger partial charge in [0.25, 0.3) is 0 Å². The Balaban J connectivity index is 1.85. The molecule has 1 atom stereocenters. The molecule has 134 valence electrons. The SMILES string of the molecule is Cc1ccc(CCC(Sc2ccccn2)S(=O)(=O)c2ccccc2)cc1. The Morgan fingerprint density at radius 3 is 2.27 bits per heavy atom. The highest BCUT2D eigenvalue weighted by atomic mass is 32.3. The minimum absolute atomic E-state index is 0.359. The molecule has 0 saturated carbocycles. The molecule has 0 saturated heterocycles. The number of sulfone groups is 1. The van der Waals surface area contributed by atoms with E-state index in [0.717, 1.165) is 10.6 Å². The van der Waals surface area contributed by atoms with E-state index in [9.17, 15) is 8.42 Å². The average Bonchev–Trinajstić information content (AvgIpc) is 2.68. The molecule has 3 rings (SSSR count). The maximum Gasteiger partial charge on any atom is 0.190 e. The Bertz CT molecular complexity index is 925. The molecule has 0 fully saturated rings. The van der Waals surface area contributed by atoms with Gasteiger partial charge >= 0.3 is 0 Å². The molecular formula is C21H21NO2S2. The predicted molar refractivity (Wildman–Crippen MR) is 107 cm³/mol. The average molecular weight is 384 g/mol. The van der Waals surface area contributed by atoms with Gasteiger partial charge in [0.15, 0.2) is 9.84 Å². The standard InChI is InChI=1S/C21H21NO2S2/c1-17-10-12-18(13-11-17)14-15-21(25-20-9-5-6-16-22-20)26(23,24)19-7-3-2-4-8-19/h2-13,16,21H,14-15H2,1H3. The lowest BCUT2D eigenvalue weighted by molar-refractivity contribution is 0.589. The summed E-state index contributed by atoms with van der Waals surface area (Å²) in [5.74, 6) is 0. The third-order valence-electron chi connectivity index (χ3n) is 4.10. The van der Waals surface area contributed by atoms with Gasteiger partial charge in [-0.3, -0.25) is 0 Å². The van der Waals surface area contributed by atoms with Crippen LogP contribution in [0.1, 0.15) is 17.5 Å². The minimum Gasteiger partial charge on any atom is -0.250 e. The highest BCUT2D eigenvalue weighted by Gasteiger charge is 2.28. The molecule has 0 aliphatic rings. The molecule has 3 aromatic rings. The van der Waals surface area contributed by atoms with Gasteiger partial charge in [-0.2, -0.15) is 0 Å². The van der Waals surface area contributed by atoms with Gasteiger partial charge in [0.2, 0.25) is 0 Å². The van der Waals surface area contributed by atoms with Crippen LogP contribution in [0.2, 0.25) is 0 Å². The summed E-state index contributed by atoms with van der Waals surface area (Å²) in [6, 6.07) is 22.5. The van der Waals surface area contributed by atoms with Gasteiger partial charge in [0, 0.05) is 6.20 Å². The van der Waals surface area contributed by atoms with Crippen molar-refractivity contribution in [2.75, 3.05) is 0 Å². The van der Waals surface area contributed by atoms with Gasteiger partial charge in [0.1, 0.15) is 4.58 Å². The lowest BCUT2D eigenvalue weighted by atomic mass is 10.1. The number of thioether (sulfide) groups is 1. The lowest BCUT2D eigenvalue weighted by Crippen LogP contribution is -2.19. The zero-order valence-corrected chi connectivity index (χ0v) is 16.2. The predicted octanol–water partition coefficient (Wildman–Crippen LogP) is 4.91. The molecule has 5 heteroatoms. The van der Waals surface area contributed by atoms with E-state index >= 15 is 0 Å². The molecule has 26 heavy (non-hydrogen) atoms. The second-order valence-corrected chi connectivity index (χ2v) is 9.75. The first-order valence-corrected chi connectivity index (χ1v) is 10.9. The smallest absolute Gasteiger partial charge is 0.190 e. The summed E-state index contributed by atoms with van der Waals surface area (Å²) in [5.41, 5.74) is 2.34. The molecule has 0 radical (unpaired) electrons. The van der Waals surface area contributed by atoms with Crippen molar-refractivity contribution in [3.05, 3.63) is 90.1 Å². The molecule has 0 amide bonds. The van der Waals surface area contributed by atoms with E-state index in [4.69, 9.17) is 0 Å². The van der Waals surface area contributed by atoms with Crippen LogP contribution in [0.3, 0.4) is 0 Å². The first-order chi connectivity index (χ1) is 12.6. The van der Waals surface area contributed by atoms with E-state index in [0.29, 0.717) is 17.7 Å². The van der Waals surface area contributed by atoms with E-state index in [1.165, 1.54) is 17.3 Å². The fourth-order valence-corrected chi connectivity index (χ4v) is 5.82. The summed E-state index contributed by atoms with van der Waals surface area (Å²) in [6.07, 6.45) is 2.92. The fourth-order valence-electron chi connectivity index (χ4n) is 2.63. The number of benzene rings is 2. The third-order valence-corrected chi connectivity index (χ3v) is 7.98. The Labute approximate surface area is 159 Å². The fraction of sp³-hybridized carbons (Fsp3) is 0.190. The Morgan fingerprint density at radius 1 is 0.923 bits per heavy atom. The summed E-state index contributed by atoms with van der Waals surface area (Å²) >= 11 is 1.31. The largest absolute Gasteiger partial charge is 0.250 e. The van der Waals surface area contributed by atoms with E-state index in [1.807, 2.05) is 31.2 Å². The quantitative estimate of drug-likeness (QED) is 0.544. The van der Waals surface area contributed by atoms with Crippen molar-refractivity contribution < 1.29 is 8.42 Å². The van der Waals surface area contributed by atoms with Gasteiger partial charge in [-0.15, -0.1) is 0 Å². The summed E-state index contributed by atoms with van der Waals surface area (Å²) < 4.78 is 25.7. The molecule has 0 bridgehead atoms. The molecule has 3 nitrogen and oxygen atoms in total. The van der Waals surface area contributed by atoms with E-state index in [1.54, 1.807) is 30.5 Å². The Morgan fingerprint density at radius 2 is 1.62 bits per heavy atom. The second-order valence-electron chi connectivity index (χ2n) is 6.10. The zero-order chi connectivity index (χ0) is 18.4. The topological polar surface area (TPSA) is 47.0 Å². The molecule has 0 aliphatic carbocycles. The van der Waals surface area contributed by atoms with Crippen molar-refractivity contribution in [1.82, 2.24) is 4.98 Å². The van der Waals surface area contributed by atoms with Crippen molar-refractivity contribution in [2.24, 2.45) is 0 Å². The van der Waals surface area contributed by atoms with Gasteiger partial charge in [0.05, 0.1) is 9.92 Å². The van der Waals surface area contributed by atoms with Crippen LogP contribution in [0, 0.1) is 6.92 Å². The van der Waals surface area contributed by atoms with Crippen LogP contribution in [0.4, 0.5) is 0 Å². The Hall–Kier alpha value is -2.11. The minimum atomic E-state index is -3.45. The highest BCUT2D eigenvalue weighted by molar-refractivity contribution is 8.13. The molecule has 0 N–H and O–H groups in total. The van der Waals surface area contributed by atoms with Crippen LogP contribution < -0.4 is 0 Å². The number of rotatable bonds is 7. The van der Waals surface area contributed by atoms with Crippen molar-refractivity contribution >= 4 is 21.6 Å². The third kappa shape index (κ3) is 4.74. The molecule has 1 unspecified atom stereocenters. The number of nitrogens with zero attached hydrogens (tertiary/aromatic N) is 1. The van der Waals surface area contributed by atoms with Crippen LogP contribution in [-0.2, 0) is 16.3 Å². The monoisotopic (exact) mass is 383 g/mol. The number of aryl methyl sites for hydroxylation is 2. The van der Waals surface area contributed by atoms with Crippen molar-refractivity contribution in [3.63, 3.8) is 0 Å². The van der Waals surface area contributed by atoms with Gasteiger partial charge < -0.3 is 0 Å². The molecule has 0 spiro atoms. The summed E-state index contributed by atoms with van der Waals surface area (Å²) in [4.78, 5) is 4.65. The van der Waals surface area contributed by atoms with E-state index in [2.05, 4.69) is 29.2 Å². The number of pyridine rings is 1. The van der Waals surface area contributed by atoms with E-state index in [-0.39, 0.29) is 0 Å². The normalized spacial score (nSPS) is 12.7. The first-order valence-electron chi connectivity index (χ1n) is 8.48. The maximum atomic E-state index is 13.2. The highest BCUT2D eigenvalue weighted by Crippen LogP contribution is 2.32. The molecule has 0 aliphatic heterocycles. The lowest BCUT2D eigenvalue weighted by Gasteiger charge is -2.17. The second kappa shape index (κ2) is 8.52. The Kier molecular flexibility index (Phi) is 6.12. The van der Waals surface area contributed by atoms with Gasteiger partial charge in [-0.05, 0) is 49.6 Å². The summed E-state index contributed by atoms with van der Waals surface area (Å²) in [7, 11) is -3.45. The number of hydrogen-bond acceptors (Lipinski definition) is 4. The summed E-state index contributed by atoms with van der Waals surface area (Å²) in [5, 5.41) is 0.723. The van der Waals surface area contributed by atoms with Crippen LogP contribution in [0.25, 0.3) is 0 Å². The van der Waals surface area contributed by atoms with Crippen LogP contribution >= 0.6 is 11.8 Å². The summed E-state index contributed by atoms with van der Waals surface area (Å²) in [6.45, 7) is 2.05. The van der Waals surface area contributed by atoms with Crippen LogP contribution in [0.15, 0.2) is 88.9 Å². The van der Waals surface area contributed by atoms with Crippen molar-refractivity contribution in [2.45, 2.75) is 34.3 Å². The van der Waals surface area contributed by atoms with Crippen molar-refractivity contribution in [1.29, 1.82) is 0 Å². The van der Waals surface area contributed by atoms with Crippen LogP contribution in [-0.4, -0.2) is 18.0 Å². The number of aromatic nitrogens is 1. The first kappa shape index (κ1) is 18.7. The molecular weight excluding hydrogens is 362 g/mol. The van der Waals surface area contributed by atoms with Gasteiger partial charge in [-0.1, -0.05) is 65.9 Å². The number of hydrogen-bond donors (Lipinski definition) is 0. The molecule has 1 heterocycles. The van der Waals surface area contributed by atoms with E-state index < -0.39 is 14.4 Å². The molecule has 2 aromatic carbocycles.